The summed E-state index contributed by atoms with van der Waals surface area (Å²) in [5.41, 5.74) is 3.65. The number of carbonyl (C=O) groups is 1. The van der Waals surface area contributed by atoms with Crippen LogP contribution in [0.4, 0.5) is 4.39 Å². The maximum Gasteiger partial charge on any atom is 0.274 e. The van der Waals surface area contributed by atoms with Crippen molar-refractivity contribution in [2.24, 2.45) is 0 Å². The SMILES string of the molecule is CN1CCC[C@]12CC[C@H]2N1CCc2cc(C(=O)NO)cc(F)c2C1. The molecule has 1 aromatic rings. The van der Waals surface area contributed by atoms with E-state index < -0.39 is 5.91 Å². The number of carbonyl (C=O) groups excluding carboxylic acids is 1. The number of rotatable bonds is 2. The summed E-state index contributed by atoms with van der Waals surface area (Å²) in [5.74, 6) is -1.01. The minimum atomic E-state index is -0.662. The minimum Gasteiger partial charge on any atom is -0.299 e. The number of halogens is 1. The first-order valence-corrected chi connectivity index (χ1v) is 8.76. The smallest absolute Gasteiger partial charge is 0.274 e. The summed E-state index contributed by atoms with van der Waals surface area (Å²) in [6.45, 7) is 2.67. The normalized spacial score (nSPS) is 30.2. The quantitative estimate of drug-likeness (QED) is 0.641. The van der Waals surface area contributed by atoms with Crippen LogP contribution in [-0.2, 0) is 13.0 Å². The highest BCUT2D eigenvalue weighted by molar-refractivity contribution is 5.93. The molecule has 1 aromatic carbocycles. The van der Waals surface area contributed by atoms with E-state index in [1.807, 2.05) is 0 Å². The van der Waals surface area contributed by atoms with E-state index in [0.29, 0.717) is 23.7 Å². The van der Waals surface area contributed by atoms with Crippen LogP contribution in [-0.4, -0.2) is 52.6 Å². The Balaban J connectivity index is 1.57. The van der Waals surface area contributed by atoms with Crippen LogP contribution in [0.5, 0.6) is 0 Å². The van der Waals surface area contributed by atoms with Gasteiger partial charge >= 0.3 is 0 Å². The minimum absolute atomic E-state index is 0.179. The Morgan fingerprint density at radius 1 is 1.38 bits per heavy atom. The van der Waals surface area contributed by atoms with Crippen molar-refractivity contribution in [2.45, 2.75) is 50.2 Å². The lowest BCUT2D eigenvalue weighted by molar-refractivity contribution is -0.0464. The van der Waals surface area contributed by atoms with Gasteiger partial charge in [-0.05, 0) is 63.4 Å². The van der Waals surface area contributed by atoms with E-state index in [0.717, 1.165) is 25.1 Å². The predicted molar refractivity (Wildman–Crippen MR) is 87.4 cm³/mol. The van der Waals surface area contributed by atoms with Gasteiger partial charge in [-0.25, -0.2) is 9.87 Å². The van der Waals surface area contributed by atoms with E-state index in [9.17, 15) is 9.18 Å². The van der Waals surface area contributed by atoms with Crippen LogP contribution in [0.25, 0.3) is 0 Å². The van der Waals surface area contributed by atoms with Crippen LogP contribution in [0.2, 0.25) is 0 Å². The van der Waals surface area contributed by atoms with Gasteiger partial charge < -0.3 is 0 Å². The molecule has 1 aliphatic carbocycles. The molecule has 2 N–H and O–H groups in total. The highest BCUT2D eigenvalue weighted by atomic mass is 19.1. The van der Waals surface area contributed by atoms with Gasteiger partial charge in [-0.1, -0.05) is 0 Å². The first-order valence-electron chi connectivity index (χ1n) is 8.76. The van der Waals surface area contributed by atoms with E-state index in [4.69, 9.17) is 5.21 Å². The fourth-order valence-corrected chi connectivity index (χ4v) is 5.00. The van der Waals surface area contributed by atoms with Crippen molar-refractivity contribution in [1.82, 2.24) is 15.3 Å². The zero-order chi connectivity index (χ0) is 16.9. The number of hydrogen-bond donors (Lipinski definition) is 2. The molecule has 0 radical (unpaired) electrons. The number of likely N-dealkylation sites (tertiary alicyclic amines) is 1. The number of amides is 1. The topological polar surface area (TPSA) is 55.8 Å². The first-order chi connectivity index (χ1) is 11.5. The van der Waals surface area contributed by atoms with Crippen molar-refractivity contribution >= 4 is 5.91 Å². The van der Waals surface area contributed by atoms with Crippen molar-refractivity contribution < 1.29 is 14.4 Å². The van der Waals surface area contributed by atoms with Crippen LogP contribution >= 0.6 is 0 Å². The molecule has 0 unspecified atom stereocenters. The number of fused-ring (bicyclic) bond motifs is 1. The van der Waals surface area contributed by atoms with Gasteiger partial charge in [0.25, 0.3) is 5.91 Å². The molecule has 6 heteroatoms. The highest BCUT2D eigenvalue weighted by Crippen LogP contribution is 2.48. The van der Waals surface area contributed by atoms with Crippen LogP contribution in [0, 0.1) is 5.82 Å². The molecule has 130 valence electrons. The summed E-state index contributed by atoms with van der Waals surface area (Å²) < 4.78 is 14.5. The monoisotopic (exact) mass is 333 g/mol. The Bertz CT molecular complexity index is 680. The lowest BCUT2D eigenvalue weighted by Crippen LogP contribution is -2.65. The molecule has 2 fully saturated rings. The van der Waals surface area contributed by atoms with E-state index in [1.54, 1.807) is 11.5 Å². The third-order valence-electron chi connectivity index (χ3n) is 6.46. The number of benzene rings is 1. The largest absolute Gasteiger partial charge is 0.299 e. The summed E-state index contributed by atoms with van der Waals surface area (Å²) in [7, 11) is 2.22. The van der Waals surface area contributed by atoms with Crippen molar-refractivity contribution in [2.75, 3.05) is 20.1 Å². The molecule has 1 saturated carbocycles. The van der Waals surface area contributed by atoms with Crippen molar-refractivity contribution in [1.29, 1.82) is 0 Å². The standard InChI is InChI=1S/C18H24FN3O2/c1-21-7-2-5-18(21)6-3-16(18)22-8-4-12-9-13(17(23)20-24)10-15(19)14(12)11-22/h9-10,16,24H,2-8,11H2,1H3,(H,20,23)/t16-,18-/m1/s1. The van der Waals surface area contributed by atoms with Gasteiger partial charge in [-0.2, -0.15) is 0 Å². The van der Waals surface area contributed by atoms with Crippen molar-refractivity contribution in [3.63, 3.8) is 0 Å². The number of nitrogens with one attached hydrogen (secondary N) is 1. The molecule has 0 aromatic heterocycles. The highest BCUT2D eigenvalue weighted by Gasteiger charge is 2.54. The third-order valence-corrected chi connectivity index (χ3v) is 6.46. The molecule has 2 heterocycles. The van der Waals surface area contributed by atoms with Gasteiger partial charge in [0.05, 0.1) is 0 Å². The summed E-state index contributed by atoms with van der Waals surface area (Å²) >= 11 is 0. The maximum atomic E-state index is 14.5. The Kier molecular flexibility index (Phi) is 3.86. The molecule has 1 amide bonds. The lowest BCUT2D eigenvalue weighted by Gasteiger charge is -2.56. The fraction of sp³-hybridized carbons (Fsp3) is 0.611. The molecule has 1 spiro atoms. The Hall–Kier alpha value is -1.50. The fourth-order valence-electron chi connectivity index (χ4n) is 5.00. The summed E-state index contributed by atoms with van der Waals surface area (Å²) in [6, 6.07) is 3.45. The first kappa shape index (κ1) is 16.0. The van der Waals surface area contributed by atoms with Crippen LogP contribution in [0.3, 0.4) is 0 Å². The second-order valence-corrected chi connectivity index (χ2v) is 7.44. The van der Waals surface area contributed by atoms with Crippen molar-refractivity contribution in [3.8, 4) is 0 Å². The predicted octanol–water partition coefficient (Wildman–Crippen LogP) is 1.93. The van der Waals surface area contributed by atoms with E-state index in [2.05, 4.69) is 16.8 Å². The van der Waals surface area contributed by atoms with E-state index in [1.165, 1.54) is 31.7 Å². The summed E-state index contributed by atoms with van der Waals surface area (Å²) in [5, 5.41) is 8.75. The molecular formula is C18H24FN3O2. The lowest BCUT2D eigenvalue weighted by atomic mass is 9.68. The molecule has 5 nitrogen and oxygen atoms in total. The van der Waals surface area contributed by atoms with Gasteiger partial charge in [0, 0.05) is 35.8 Å². The third kappa shape index (κ3) is 2.28. The Morgan fingerprint density at radius 2 is 2.21 bits per heavy atom. The molecule has 24 heavy (non-hydrogen) atoms. The number of nitrogens with zero attached hydrogens (tertiary/aromatic N) is 2. The molecule has 3 aliphatic rings. The zero-order valence-corrected chi connectivity index (χ0v) is 14.0. The maximum absolute atomic E-state index is 14.5. The van der Waals surface area contributed by atoms with Crippen LogP contribution in [0.15, 0.2) is 12.1 Å². The number of hydrogen-bond acceptors (Lipinski definition) is 4. The van der Waals surface area contributed by atoms with Gasteiger partial charge in [0.2, 0.25) is 0 Å². The van der Waals surface area contributed by atoms with E-state index >= 15 is 0 Å². The van der Waals surface area contributed by atoms with Gasteiger partial charge in [0.1, 0.15) is 5.82 Å². The molecule has 0 bridgehead atoms. The molecular weight excluding hydrogens is 309 g/mol. The molecule has 2 aliphatic heterocycles. The summed E-state index contributed by atoms with van der Waals surface area (Å²) in [4.78, 5) is 16.5. The van der Waals surface area contributed by atoms with E-state index in [-0.39, 0.29) is 11.4 Å². The van der Waals surface area contributed by atoms with Gasteiger partial charge in [0.15, 0.2) is 0 Å². The average Bonchev–Trinajstić information content (AvgIpc) is 2.97. The molecule has 1 saturated heterocycles. The molecule has 2 atom stereocenters. The molecule has 4 rings (SSSR count). The second-order valence-electron chi connectivity index (χ2n) is 7.44. The zero-order valence-electron chi connectivity index (χ0n) is 14.0. The van der Waals surface area contributed by atoms with Gasteiger partial charge in [-0.3, -0.25) is 19.8 Å². The van der Waals surface area contributed by atoms with Crippen molar-refractivity contribution in [3.05, 3.63) is 34.6 Å². The Morgan fingerprint density at radius 3 is 2.83 bits per heavy atom. The van der Waals surface area contributed by atoms with Crippen LogP contribution in [0.1, 0.15) is 47.2 Å². The summed E-state index contributed by atoms with van der Waals surface area (Å²) in [6.07, 6.45) is 5.68. The van der Waals surface area contributed by atoms with Crippen LogP contribution < -0.4 is 5.48 Å². The van der Waals surface area contributed by atoms with Gasteiger partial charge in [-0.15, -0.1) is 0 Å². The Labute approximate surface area is 141 Å². The second kappa shape index (κ2) is 5.79. The number of likely N-dealkylation sites (N-methyl/N-ethyl adjacent to an activating group) is 1. The number of hydroxylamine groups is 1. The average molecular weight is 333 g/mol.